The van der Waals surface area contributed by atoms with Crippen LogP contribution in [0.2, 0.25) is 0 Å². The van der Waals surface area contributed by atoms with Crippen molar-refractivity contribution in [2.45, 2.75) is 49.1 Å². The Labute approximate surface area is 123 Å². The van der Waals surface area contributed by atoms with Gasteiger partial charge in [0.2, 0.25) is 10.0 Å². The number of hydrogen-bond acceptors (Lipinski definition) is 4. The van der Waals surface area contributed by atoms with Crippen LogP contribution < -0.4 is 15.2 Å². The lowest BCUT2D eigenvalue weighted by atomic mass is 9.78. The molecule has 1 aromatic rings. The summed E-state index contributed by atoms with van der Waals surface area (Å²) >= 11 is 0. The number of rotatable bonds is 3. The van der Waals surface area contributed by atoms with E-state index in [0.29, 0.717) is 17.7 Å². The summed E-state index contributed by atoms with van der Waals surface area (Å²) in [4.78, 5) is 12.3. The van der Waals surface area contributed by atoms with E-state index in [-0.39, 0.29) is 16.3 Å². The predicted molar refractivity (Wildman–Crippen MR) is 76.3 cm³/mol. The van der Waals surface area contributed by atoms with Crippen molar-refractivity contribution in [2.24, 2.45) is 5.14 Å². The van der Waals surface area contributed by atoms with Crippen molar-refractivity contribution in [3.05, 3.63) is 23.8 Å². The van der Waals surface area contributed by atoms with E-state index in [1.807, 2.05) is 6.92 Å². The molecule has 1 atom stereocenters. The molecule has 114 valence electrons. The van der Waals surface area contributed by atoms with E-state index in [4.69, 9.17) is 9.88 Å². The number of fused-ring (bicyclic) bond motifs is 1. The second-order valence-electron chi connectivity index (χ2n) is 6.03. The molecular formula is C14H18N2O4S. The maximum atomic E-state index is 12.2. The van der Waals surface area contributed by atoms with Crippen LogP contribution in [0.5, 0.6) is 5.75 Å². The van der Waals surface area contributed by atoms with Gasteiger partial charge in [0.15, 0.2) is 6.10 Å². The number of nitrogens with one attached hydrogen (secondary N) is 1. The zero-order valence-corrected chi connectivity index (χ0v) is 12.6. The fourth-order valence-corrected chi connectivity index (χ4v) is 3.32. The molecule has 3 rings (SSSR count). The van der Waals surface area contributed by atoms with Crippen molar-refractivity contribution in [1.29, 1.82) is 0 Å². The molecule has 1 heterocycles. The lowest BCUT2D eigenvalue weighted by molar-refractivity contribution is -0.130. The van der Waals surface area contributed by atoms with Crippen LogP contribution in [-0.4, -0.2) is 26.0 Å². The van der Waals surface area contributed by atoms with E-state index in [1.165, 1.54) is 12.1 Å². The van der Waals surface area contributed by atoms with Gasteiger partial charge >= 0.3 is 0 Å². The number of hydrogen-bond donors (Lipinski definition) is 2. The molecule has 1 aliphatic heterocycles. The van der Waals surface area contributed by atoms with Gasteiger partial charge in [-0.25, -0.2) is 13.6 Å². The largest absolute Gasteiger partial charge is 0.480 e. The number of primary sulfonamides is 1. The van der Waals surface area contributed by atoms with Crippen molar-refractivity contribution in [2.75, 3.05) is 0 Å². The third-order valence-electron chi connectivity index (χ3n) is 4.21. The number of carbonyl (C=O) groups excluding carboxylic acids is 1. The normalized spacial score (nSPS) is 22.9. The number of amides is 1. The third kappa shape index (κ3) is 2.75. The maximum Gasteiger partial charge on any atom is 0.261 e. The topological polar surface area (TPSA) is 98.5 Å². The molecule has 7 heteroatoms. The van der Waals surface area contributed by atoms with Crippen molar-refractivity contribution in [3.63, 3.8) is 0 Å². The Morgan fingerprint density at radius 3 is 2.71 bits per heavy atom. The van der Waals surface area contributed by atoms with Gasteiger partial charge in [0.25, 0.3) is 5.91 Å². The Hall–Kier alpha value is -1.60. The average Bonchev–Trinajstić information content (AvgIpc) is 2.78. The molecule has 1 saturated carbocycles. The van der Waals surface area contributed by atoms with Crippen molar-refractivity contribution >= 4 is 15.9 Å². The van der Waals surface area contributed by atoms with E-state index in [9.17, 15) is 13.2 Å². The minimum atomic E-state index is -3.74. The van der Waals surface area contributed by atoms with E-state index < -0.39 is 16.1 Å². The average molecular weight is 310 g/mol. The fourth-order valence-electron chi connectivity index (χ4n) is 2.76. The van der Waals surface area contributed by atoms with E-state index in [1.54, 1.807) is 6.07 Å². The first kappa shape index (κ1) is 14.3. The summed E-state index contributed by atoms with van der Waals surface area (Å²) in [5.41, 5.74) is 0.571. The highest BCUT2D eigenvalue weighted by Crippen LogP contribution is 2.33. The molecule has 0 saturated heterocycles. The number of ether oxygens (including phenoxy) is 1. The van der Waals surface area contributed by atoms with E-state index in [0.717, 1.165) is 19.3 Å². The van der Waals surface area contributed by atoms with Gasteiger partial charge in [0, 0.05) is 12.0 Å². The second-order valence-corrected chi connectivity index (χ2v) is 7.59. The Kier molecular flexibility index (Phi) is 3.22. The first-order valence-electron chi connectivity index (χ1n) is 6.91. The van der Waals surface area contributed by atoms with Crippen LogP contribution in [0.25, 0.3) is 0 Å². The molecule has 6 nitrogen and oxygen atoms in total. The van der Waals surface area contributed by atoms with Gasteiger partial charge < -0.3 is 10.1 Å². The highest BCUT2D eigenvalue weighted by molar-refractivity contribution is 7.89. The fraction of sp³-hybridized carbons (Fsp3) is 0.500. The number of benzene rings is 1. The summed E-state index contributed by atoms with van der Waals surface area (Å²) in [6.45, 7) is 2.02. The summed E-state index contributed by atoms with van der Waals surface area (Å²) < 4.78 is 28.3. The monoisotopic (exact) mass is 310 g/mol. The van der Waals surface area contributed by atoms with E-state index in [2.05, 4.69) is 5.32 Å². The quantitative estimate of drug-likeness (QED) is 0.858. The molecule has 2 aliphatic rings. The Morgan fingerprint density at radius 2 is 2.14 bits per heavy atom. The summed E-state index contributed by atoms with van der Waals surface area (Å²) in [6, 6.07) is 4.41. The second kappa shape index (κ2) is 4.71. The van der Waals surface area contributed by atoms with E-state index >= 15 is 0 Å². The van der Waals surface area contributed by atoms with Crippen LogP contribution in [0.1, 0.15) is 31.7 Å². The molecule has 0 aromatic heterocycles. The highest BCUT2D eigenvalue weighted by Gasteiger charge is 2.37. The van der Waals surface area contributed by atoms with Crippen LogP contribution in [0.4, 0.5) is 0 Å². The van der Waals surface area contributed by atoms with Gasteiger partial charge in [0.1, 0.15) is 5.75 Å². The lowest BCUT2D eigenvalue weighted by Gasteiger charge is -2.39. The van der Waals surface area contributed by atoms with Crippen LogP contribution in [0, 0.1) is 0 Å². The van der Waals surface area contributed by atoms with Gasteiger partial charge in [0.05, 0.1) is 4.90 Å². The molecule has 1 fully saturated rings. The summed E-state index contributed by atoms with van der Waals surface area (Å²) in [5, 5.41) is 8.11. The molecule has 1 aliphatic carbocycles. The van der Waals surface area contributed by atoms with Crippen molar-refractivity contribution < 1.29 is 17.9 Å². The maximum absolute atomic E-state index is 12.2. The van der Waals surface area contributed by atoms with Crippen LogP contribution >= 0.6 is 0 Å². The molecule has 3 N–H and O–H groups in total. The smallest absolute Gasteiger partial charge is 0.261 e. The zero-order chi connectivity index (χ0) is 15.3. The highest BCUT2D eigenvalue weighted by atomic mass is 32.2. The summed E-state index contributed by atoms with van der Waals surface area (Å²) in [5.74, 6) is 0.395. The molecule has 1 amide bonds. The molecule has 0 spiro atoms. The SMILES string of the molecule is CC1(NC(=O)C2Cc3cc(S(N)(=O)=O)ccc3O2)CCC1. The Morgan fingerprint density at radius 1 is 1.43 bits per heavy atom. The number of carbonyl (C=O) groups is 1. The summed E-state index contributed by atoms with van der Waals surface area (Å²) in [7, 11) is -3.74. The molecular weight excluding hydrogens is 292 g/mol. The van der Waals surface area contributed by atoms with Gasteiger partial charge in [-0.3, -0.25) is 4.79 Å². The van der Waals surface area contributed by atoms with Crippen LogP contribution in [0.15, 0.2) is 23.1 Å². The van der Waals surface area contributed by atoms with Crippen molar-refractivity contribution in [1.82, 2.24) is 5.32 Å². The lowest BCUT2D eigenvalue weighted by Crippen LogP contribution is -2.54. The standard InChI is InChI=1S/C14H18N2O4S/c1-14(5-2-6-14)16-13(17)12-8-9-7-10(21(15,18)19)3-4-11(9)20-12/h3-4,7,12H,2,5-6,8H2,1H3,(H,16,17)(H2,15,18,19). The van der Waals surface area contributed by atoms with Gasteiger partial charge in [-0.1, -0.05) is 0 Å². The summed E-state index contributed by atoms with van der Waals surface area (Å²) in [6.07, 6.45) is 2.84. The van der Waals surface area contributed by atoms with Gasteiger partial charge in [-0.2, -0.15) is 0 Å². The Bertz CT molecular complexity index is 695. The number of sulfonamides is 1. The molecule has 1 aromatic carbocycles. The van der Waals surface area contributed by atoms with Crippen LogP contribution in [-0.2, 0) is 21.2 Å². The first-order chi connectivity index (χ1) is 9.77. The molecule has 1 unspecified atom stereocenters. The first-order valence-corrected chi connectivity index (χ1v) is 8.46. The molecule has 0 bridgehead atoms. The molecule has 0 radical (unpaired) electrons. The zero-order valence-electron chi connectivity index (χ0n) is 11.8. The Balaban J connectivity index is 1.74. The van der Waals surface area contributed by atoms with Gasteiger partial charge in [-0.05, 0) is 49.9 Å². The van der Waals surface area contributed by atoms with Crippen molar-refractivity contribution in [3.8, 4) is 5.75 Å². The number of nitrogens with two attached hydrogens (primary N) is 1. The molecule has 21 heavy (non-hydrogen) atoms. The third-order valence-corrected chi connectivity index (χ3v) is 5.12. The minimum absolute atomic E-state index is 0.0388. The van der Waals surface area contributed by atoms with Gasteiger partial charge in [-0.15, -0.1) is 0 Å². The predicted octanol–water partition coefficient (Wildman–Crippen LogP) is 0.696. The van der Waals surface area contributed by atoms with Crippen LogP contribution in [0.3, 0.4) is 0 Å². The minimum Gasteiger partial charge on any atom is -0.480 e.